The molecule has 0 aromatic carbocycles. The molecule has 0 radical (unpaired) electrons. The molecule has 7 nitrogen and oxygen atoms in total. The molecule has 152 valence electrons. The Balaban J connectivity index is 1.54. The number of carbonyl (C=O) groups is 1. The quantitative estimate of drug-likeness (QED) is 0.661. The molecule has 0 aliphatic carbocycles. The molecule has 5 heterocycles. The fourth-order valence-corrected chi connectivity index (χ4v) is 5.24. The maximum absolute atomic E-state index is 13.0. The molecule has 8 heteroatoms. The minimum absolute atomic E-state index is 0.0172. The molecule has 0 bridgehead atoms. The average molecular weight is 413 g/mol. The third kappa shape index (κ3) is 3.14. The van der Waals surface area contributed by atoms with E-state index in [0.717, 1.165) is 60.2 Å². The summed E-state index contributed by atoms with van der Waals surface area (Å²) in [6.07, 6.45) is 5.26. The van der Waals surface area contributed by atoms with Crippen LogP contribution in [-0.2, 0) is 29.1 Å². The number of hydrogen-bond donors (Lipinski definition) is 0. The van der Waals surface area contributed by atoms with Crippen molar-refractivity contribution in [2.45, 2.75) is 58.3 Å². The molecule has 29 heavy (non-hydrogen) atoms. The van der Waals surface area contributed by atoms with Crippen LogP contribution in [0.4, 0.5) is 0 Å². The number of hydrogen-bond acceptors (Lipinski definition) is 6. The van der Waals surface area contributed by atoms with Crippen molar-refractivity contribution in [3.05, 3.63) is 34.0 Å². The minimum atomic E-state index is -0.189. The van der Waals surface area contributed by atoms with Crippen molar-refractivity contribution in [3.8, 4) is 0 Å². The molecule has 3 aromatic heterocycles. The van der Waals surface area contributed by atoms with Crippen molar-refractivity contribution in [1.82, 2.24) is 19.4 Å². The molecule has 2 aliphatic heterocycles. The van der Waals surface area contributed by atoms with Crippen LogP contribution in [0.15, 0.2) is 17.2 Å². The average Bonchev–Trinajstić information content (AvgIpc) is 3.37. The Bertz CT molecular complexity index is 1180. The normalized spacial score (nSPS) is 21.8. The van der Waals surface area contributed by atoms with Crippen LogP contribution in [-0.4, -0.2) is 44.0 Å². The maximum Gasteiger partial charge on any atom is 0.271 e. The van der Waals surface area contributed by atoms with Gasteiger partial charge in [0.1, 0.15) is 16.1 Å². The Hall–Kier alpha value is -2.32. The lowest BCUT2D eigenvalue weighted by Gasteiger charge is -2.33. The maximum atomic E-state index is 13.0. The number of aromatic nitrogens is 3. The largest absolute Gasteiger partial charge is 0.370 e. The van der Waals surface area contributed by atoms with Gasteiger partial charge in [-0.15, -0.1) is 11.3 Å². The summed E-state index contributed by atoms with van der Waals surface area (Å²) in [6.45, 7) is 6.37. The number of ether oxygens (including phenoxy) is 1. The summed E-state index contributed by atoms with van der Waals surface area (Å²) in [6, 6.07) is 2.07. The summed E-state index contributed by atoms with van der Waals surface area (Å²) in [7, 11) is 0. The molecule has 1 saturated heterocycles. The number of pyridine rings is 1. The topological polar surface area (TPSA) is 77.3 Å². The molecule has 5 rings (SSSR count). The van der Waals surface area contributed by atoms with Gasteiger partial charge in [0, 0.05) is 30.5 Å². The Labute approximate surface area is 172 Å². The molecule has 1 fully saturated rings. The second kappa shape index (κ2) is 6.88. The van der Waals surface area contributed by atoms with Gasteiger partial charge in [0.15, 0.2) is 0 Å². The van der Waals surface area contributed by atoms with Gasteiger partial charge >= 0.3 is 0 Å². The van der Waals surface area contributed by atoms with E-state index in [9.17, 15) is 9.59 Å². The summed E-state index contributed by atoms with van der Waals surface area (Å²) in [5, 5.41) is 0.891. The predicted octanol–water partition coefficient (Wildman–Crippen LogP) is 2.87. The summed E-state index contributed by atoms with van der Waals surface area (Å²) < 4.78 is 8.04. The van der Waals surface area contributed by atoms with Crippen LogP contribution in [0.1, 0.15) is 44.4 Å². The first-order chi connectivity index (χ1) is 14.0. The van der Waals surface area contributed by atoms with Gasteiger partial charge in [-0.3, -0.25) is 14.2 Å². The summed E-state index contributed by atoms with van der Waals surface area (Å²) in [4.78, 5) is 37.5. The van der Waals surface area contributed by atoms with Gasteiger partial charge in [-0.2, -0.15) is 0 Å². The van der Waals surface area contributed by atoms with Gasteiger partial charge in [-0.1, -0.05) is 6.92 Å². The lowest BCUT2D eigenvalue weighted by Crippen LogP contribution is -2.35. The number of fused-ring (bicyclic) bond motifs is 4. The van der Waals surface area contributed by atoms with Crippen molar-refractivity contribution in [3.63, 3.8) is 0 Å². The van der Waals surface area contributed by atoms with Gasteiger partial charge in [0.2, 0.25) is 5.91 Å². The molecule has 1 unspecified atom stereocenters. The Morgan fingerprint density at radius 1 is 1.34 bits per heavy atom. The Morgan fingerprint density at radius 2 is 2.14 bits per heavy atom. The molecule has 0 N–H and O–H groups in total. The highest BCUT2D eigenvalue weighted by molar-refractivity contribution is 7.25. The van der Waals surface area contributed by atoms with E-state index in [1.807, 2.05) is 4.90 Å². The molecule has 0 saturated carbocycles. The monoisotopic (exact) mass is 412 g/mol. The van der Waals surface area contributed by atoms with Gasteiger partial charge in [-0.25, -0.2) is 9.97 Å². The highest BCUT2D eigenvalue weighted by atomic mass is 32.1. The van der Waals surface area contributed by atoms with Crippen molar-refractivity contribution in [1.29, 1.82) is 0 Å². The van der Waals surface area contributed by atoms with E-state index in [4.69, 9.17) is 9.72 Å². The van der Waals surface area contributed by atoms with Gasteiger partial charge in [0.05, 0.1) is 29.7 Å². The van der Waals surface area contributed by atoms with E-state index in [1.54, 1.807) is 0 Å². The van der Waals surface area contributed by atoms with Crippen molar-refractivity contribution in [2.24, 2.45) is 0 Å². The SMILES string of the molecule is CCC1(C)Cc2nc3sc4c(=O)n(CC(=O)N5CCCC5)cnc4c3cc2CO1. The van der Waals surface area contributed by atoms with E-state index >= 15 is 0 Å². The predicted molar refractivity (Wildman–Crippen MR) is 112 cm³/mol. The number of likely N-dealkylation sites (tertiary alicyclic amines) is 1. The smallest absolute Gasteiger partial charge is 0.271 e. The zero-order valence-corrected chi connectivity index (χ0v) is 17.5. The van der Waals surface area contributed by atoms with Crippen molar-refractivity contribution >= 4 is 37.7 Å². The number of thiophene rings is 1. The first-order valence-electron chi connectivity index (χ1n) is 10.2. The molecule has 0 spiro atoms. The van der Waals surface area contributed by atoms with Gasteiger partial charge in [-0.05, 0) is 32.3 Å². The number of nitrogens with zero attached hydrogens (tertiary/aromatic N) is 4. The van der Waals surface area contributed by atoms with Crippen LogP contribution in [0, 0.1) is 0 Å². The number of carbonyl (C=O) groups excluding carboxylic acids is 1. The van der Waals surface area contributed by atoms with Crippen LogP contribution in [0.5, 0.6) is 0 Å². The van der Waals surface area contributed by atoms with Crippen LogP contribution < -0.4 is 5.56 Å². The molecular formula is C21H24N4O3S. The Kier molecular flexibility index (Phi) is 4.43. The van der Waals surface area contributed by atoms with Crippen LogP contribution in [0.2, 0.25) is 0 Å². The minimum Gasteiger partial charge on any atom is -0.370 e. The highest BCUT2D eigenvalue weighted by Crippen LogP contribution is 2.35. The Morgan fingerprint density at radius 3 is 2.90 bits per heavy atom. The summed E-state index contributed by atoms with van der Waals surface area (Å²) in [5.74, 6) is -0.0172. The standard InChI is InChI=1S/C21H24N4O3S/c1-3-21(2)9-15-13(11-28-21)8-14-17-18(29-19(14)23-15)20(27)25(12-22-17)10-16(26)24-6-4-5-7-24/h8,12H,3-7,9-11H2,1-2H3. The zero-order valence-electron chi connectivity index (χ0n) is 16.7. The number of amides is 1. The third-order valence-electron chi connectivity index (χ3n) is 6.24. The van der Waals surface area contributed by atoms with E-state index in [2.05, 4.69) is 24.9 Å². The summed E-state index contributed by atoms with van der Waals surface area (Å²) in [5.41, 5.74) is 2.42. The second-order valence-corrected chi connectivity index (χ2v) is 9.26. The molecule has 1 amide bonds. The molecule has 3 aromatic rings. The van der Waals surface area contributed by atoms with Crippen molar-refractivity contribution < 1.29 is 9.53 Å². The second-order valence-electron chi connectivity index (χ2n) is 8.26. The molecular weight excluding hydrogens is 388 g/mol. The van der Waals surface area contributed by atoms with E-state index in [0.29, 0.717) is 16.8 Å². The van der Waals surface area contributed by atoms with Crippen LogP contribution >= 0.6 is 11.3 Å². The molecule has 1 atom stereocenters. The lowest BCUT2D eigenvalue weighted by atomic mass is 9.91. The van der Waals surface area contributed by atoms with Crippen molar-refractivity contribution in [2.75, 3.05) is 13.1 Å². The van der Waals surface area contributed by atoms with Gasteiger partial charge in [0.25, 0.3) is 5.56 Å². The fourth-order valence-electron chi connectivity index (χ4n) is 4.16. The highest BCUT2D eigenvalue weighted by Gasteiger charge is 2.31. The number of rotatable bonds is 3. The van der Waals surface area contributed by atoms with E-state index in [-0.39, 0.29) is 23.6 Å². The fraction of sp³-hybridized carbons (Fsp3) is 0.524. The van der Waals surface area contributed by atoms with E-state index < -0.39 is 0 Å². The third-order valence-corrected chi connectivity index (χ3v) is 7.31. The van der Waals surface area contributed by atoms with E-state index in [1.165, 1.54) is 22.2 Å². The first-order valence-corrected chi connectivity index (χ1v) is 11.0. The van der Waals surface area contributed by atoms with Crippen LogP contribution in [0.25, 0.3) is 20.4 Å². The first kappa shape index (κ1) is 18.7. The lowest BCUT2D eigenvalue weighted by molar-refractivity contribution is -0.130. The zero-order chi connectivity index (χ0) is 20.2. The summed E-state index contributed by atoms with van der Waals surface area (Å²) >= 11 is 1.37. The molecule has 2 aliphatic rings. The van der Waals surface area contributed by atoms with Gasteiger partial charge < -0.3 is 9.64 Å². The van der Waals surface area contributed by atoms with Crippen LogP contribution in [0.3, 0.4) is 0 Å².